The molecule has 1 fully saturated rings. The second kappa shape index (κ2) is 22.5. The highest BCUT2D eigenvalue weighted by atomic mass is 32.2. The summed E-state index contributed by atoms with van der Waals surface area (Å²) in [6.45, 7) is 10.5. The minimum absolute atomic E-state index is 0.0248. The zero-order valence-electron chi connectivity index (χ0n) is 35.1. The van der Waals surface area contributed by atoms with Crippen LogP contribution in [0.5, 0.6) is 5.75 Å². The first-order valence-electron chi connectivity index (χ1n) is 20.5. The molecule has 316 valence electrons. The largest absolute Gasteiger partial charge is 0.495 e. The Kier molecular flexibility index (Phi) is 18.5. The maximum absolute atomic E-state index is 14.2. The Morgan fingerprint density at radius 3 is 1.98 bits per heavy atom. The summed E-state index contributed by atoms with van der Waals surface area (Å²) in [5, 5.41) is 8.36. The number of rotatable bonds is 24. The third-order valence-electron chi connectivity index (χ3n) is 10.0. The standard InChI is InChI=1S/C43H65N5O8S/c1-8-10-12-13-14-15-16-17-18-22-28-57(54,55)31-32(3)40(51)44-33-25-26-36(56-7)35(29-33)45-41(52)38(39(50)43(4,5)6)48-37(49)30-47(34-23-20-19-21-24-34)46(42(48)53)27-11-9-2/h19-21,23-26,29,32,38H,8-18,22,27-28,30-31H2,1-7H3,(H,44,51)(H,45,52). The first kappa shape index (κ1) is 46.9. The van der Waals surface area contributed by atoms with Gasteiger partial charge in [-0.3, -0.25) is 24.2 Å². The van der Waals surface area contributed by atoms with Crippen molar-refractivity contribution < 1.29 is 37.1 Å². The van der Waals surface area contributed by atoms with E-state index < -0.39 is 56.7 Å². The molecule has 3 rings (SSSR count). The molecular weight excluding hydrogens is 747 g/mol. The van der Waals surface area contributed by atoms with Crippen LogP contribution < -0.4 is 20.4 Å². The first-order chi connectivity index (χ1) is 27.0. The maximum atomic E-state index is 14.2. The normalized spacial score (nSPS) is 14.7. The number of ether oxygens (including phenoxy) is 1. The predicted molar refractivity (Wildman–Crippen MR) is 226 cm³/mol. The van der Waals surface area contributed by atoms with Crippen LogP contribution in [0.2, 0.25) is 0 Å². The van der Waals surface area contributed by atoms with Crippen molar-refractivity contribution in [2.75, 3.05) is 47.3 Å². The fourth-order valence-electron chi connectivity index (χ4n) is 6.70. The Labute approximate surface area is 340 Å². The molecule has 1 saturated heterocycles. The minimum Gasteiger partial charge on any atom is -0.495 e. The van der Waals surface area contributed by atoms with Crippen LogP contribution in [0.15, 0.2) is 48.5 Å². The highest BCUT2D eigenvalue weighted by molar-refractivity contribution is 7.91. The molecule has 0 saturated carbocycles. The lowest BCUT2D eigenvalue weighted by molar-refractivity contribution is -0.146. The number of Topliss-reactive ketones (excluding diaryl/α,β-unsaturated/α-hetero) is 1. The van der Waals surface area contributed by atoms with Gasteiger partial charge in [0.05, 0.1) is 30.0 Å². The van der Waals surface area contributed by atoms with Crippen molar-refractivity contribution in [3.05, 3.63) is 48.5 Å². The van der Waals surface area contributed by atoms with Gasteiger partial charge in [0.25, 0.3) is 11.8 Å². The number of hydrazine groups is 1. The van der Waals surface area contributed by atoms with E-state index in [0.29, 0.717) is 18.5 Å². The van der Waals surface area contributed by atoms with E-state index in [4.69, 9.17) is 4.74 Å². The van der Waals surface area contributed by atoms with Gasteiger partial charge in [0.2, 0.25) is 5.91 Å². The van der Waals surface area contributed by atoms with Gasteiger partial charge in [-0.25, -0.2) is 23.1 Å². The zero-order valence-corrected chi connectivity index (χ0v) is 35.9. The fraction of sp³-hybridized carbons (Fsp3) is 0.605. The number of carbonyl (C=O) groups is 5. The van der Waals surface area contributed by atoms with Crippen LogP contribution in [0.4, 0.5) is 21.9 Å². The molecule has 0 spiro atoms. The number of imide groups is 1. The van der Waals surface area contributed by atoms with E-state index in [0.717, 1.165) is 30.6 Å². The Morgan fingerprint density at radius 2 is 1.40 bits per heavy atom. The fourth-order valence-corrected chi connectivity index (χ4v) is 8.42. The van der Waals surface area contributed by atoms with Gasteiger partial charge in [0.1, 0.15) is 12.3 Å². The molecule has 13 nitrogen and oxygen atoms in total. The summed E-state index contributed by atoms with van der Waals surface area (Å²) >= 11 is 0. The van der Waals surface area contributed by atoms with Crippen LogP contribution in [0.25, 0.3) is 0 Å². The smallest absolute Gasteiger partial charge is 0.346 e. The van der Waals surface area contributed by atoms with Gasteiger partial charge in [-0.05, 0) is 43.2 Å². The predicted octanol–water partition coefficient (Wildman–Crippen LogP) is 8.01. The average molecular weight is 812 g/mol. The second-order valence-electron chi connectivity index (χ2n) is 16.0. The lowest BCUT2D eigenvalue weighted by atomic mass is 9.85. The Morgan fingerprint density at radius 1 is 0.807 bits per heavy atom. The van der Waals surface area contributed by atoms with Crippen LogP contribution in [-0.4, -0.2) is 85.6 Å². The van der Waals surface area contributed by atoms with Crippen molar-refractivity contribution in [2.24, 2.45) is 11.3 Å². The molecule has 2 aromatic carbocycles. The van der Waals surface area contributed by atoms with Crippen molar-refractivity contribution in [3.8, 4) is 5.75 Å². The van der Waals surface area contributed by atoms with Gasteiger partial charge in [-0.2, -0.15) is 0 Å². The van der Waals surface area contributed by atoms with E-state index >= 15 is 0 Å². The maximum Gasteiger partial charge on any atom is 0.346 e. The minimum atomic E-state index is -3.47. The molecule has 1 aliphatic rings. The number of para-hydroxylation sites is 1. The van der Waals surface area contributed by atoms with E-state index in [2.05, 4.69) is 17.6 Å². The van der Waals surface area contributed by atoms with Crippen molar-refractivity contribution in [1.82, 2.24) is 9.91 Å². The molecule has 2 aromatic rings. The first-order valence-corrected chi connectivity index (χ1v) is 22.4. The van der Waals surface area contributed by atoms with Crippen molar-refractivity contribution >= 4 is 56.4 Å². The quantitative estimate of drug-likeness (QED) is 0.0790. The van der Waals surface area contributed by atoms with Crippen molar-refractivity contribution in [3.63, 3.8) is 0 Å². The van der Waals surface area contributed by atoms with Gasteiger partial charge in [-0.15, -0.1) is 0 Å². The number of nitrogens with one attached hydrogen (secondary N) is 2. The summed E-state index contributed by atoms with van der Waals surface area (Å²) < 4.78 is 31.3. The molecule has 0 aliphatic carbocycles. The monoisotopic (exact) mass is 811 g/mol. The van der Waals surface area contributed by atoms with Crippen LogP contribution in [0.1, 0.15) is 119 Å². The Balaban J connectivity index is 1.74. The van der Waals surface area contributed by atoms with E-state index in [-0.39, 0.29) is 41.7 Å². The van der Waals surface area contributed by atoms with Crippen LogP contribution in [0.3, 0.4) is 0 Å². The van der Waals surface area contributed by atoms with Gasteiger partial charge in [0, 0.05) is 23.6 Å². The number of nitrogens with zero attached hydrogens (tertiary/aromatic N) is 3. The number of urea groups is 1. The second-order valence-corrected chi connectivity index (χ2v) is 18.3. The Hall–Kier alpha value is -4.46. The Bertz CT molecular complexity index is 1760. The number of sulfone groups is 1. The van der Waals surface area contributed by atoms with Crippen molar-refractivity contribution in [2.45, 2.75) is 125 Å². The molecule has 5 amide bonds. The summed E-state index contributed by atoms with van der Waals surface area (Å²) in [5.41, 5.74) is -0.207. The number of amides is 5. The van der Waals surface area contributed by atoms with E-state index in [1.54, 1.807) is 57.0 Å². The molecular formula is C43H65N5O8S. The molecule has 2 N–H and O–H groups in total. The third-order valence-corrected chi connectivity index (χ3v) is 11.9. The zero-order chi connectivity index (χ0) is 42.2. The molecule has 0 radical (unpaired) electrons. The van der Waals surface area contributed by atoms with Crippen molar-refractivity contribution in [1.29, 1.82) is 0 Å². The number of ketones is 1. The van der Waals surface area contributed by atoms with Gasteiger partial charge in [0.15, 0.2) is 21.7 Å². The highest BCUT2D eigenvalue weighted by Crippen LogP contribution is 2.31. The van der Waals surface area contributed by atoms with Gasteiger partial charge < -0.3 is 15.4 Å². The number of hydrogen-bond acceptors (Lipinski definition) is 9. The number of anilines is 3. The summed E-state index contributed by atoms with van der Waals surface area (Å²) in [6, 6.07) is 10.8. The van der Waals surface area contributed by atoms with E-state index in [1.165, 1.54) is 68.8 Å². The average Bonchev–Trinajstić information content (AvgIpc) is 3.16. The van der Waals surface area contributed by atoms with E-state index in [9.17, 15) is 32.4 Å². The molecule has 2 atom stereocenters. The molecule has 57 heavy (non-hydrogen) atoms. The number of methoxy groups -OCH3 is 1. The van der Waals surface area contributed by atoms with Crippen LogP contribution >= 0.6 is 0 Å². The van der Waals surface area contributed by atoms with Crippen LogP contribution in [-0.2, 0) is 29.0 Å². The van der Waals surface area contributed by atoms with E-state index in [1.807, 2.05) is 13.0 Å². The summed E-state index contributed by atoms with van der Waals surface area (Å²) in [4.78, 5) is 70.2. The summed E-state index contributed by atoms with van der Waals surface area (Å²) in [6.07, 6.45) is 12.3. The number of benzene rings is 2. The highest BCUT2D eigenvalue weighted by Gasteiger charge is 2.49. The SMILES string of the molecule is CCCCCCCCCCCCS(=O)(=O)CC(C)C(=O)Nc1ccc(OC)c(NC(=O)C(C(=O)C(C)(C)C)N2C(=O)CN(c3ccccc3)N(CCCC)C2=O)c1. The lowest BCUT2D eigenvalue weighted by Gasteiger charge is -2.45. The summed E-state index contributed by atoms with van der Waals surface area (Å²) in [7, 11) is -2.10. The topological polar surface area (TPSA) is 162 Å². The molecule has 1 heterocycles. The molecule has 0 bridgehead atoms. The van der Waals surface area contributed by atoms with Gasteiger partial charge in [-0.1, -0.05) is 124 Å². The number of hydrogen-bond donors (Lipinski definition) is 2. The number of carbonyl (C=O) groups excluding carboxylic acids is 5. The molecule has 0 aromatic heterocycles. The number of unbranched alkanes of at least 4 members (excludes halogenated alkanes) is 10. The third kappa shape index (κ3) is 14.2. The lowest BCUT2D eigenvalue weighted by Crippen LogP contribution is -2.68. The molecule has 1 aliphatic heterocycles. The van der Waals surface area contributed by atoms with Crippen LogP contribution in [0, 0.1) is 11.3 Å². The van der Waals surface area contributed by atoms with Gasteiger partial charge >= 0.3 is 6.03 Å². The summed E-state index contributed by atoms with van der Waals surface area (Å²) in [5.74, 6) is -3.78. The molecule has 2 unspecified atom stereocenters. The molecule has 14 heteroatoms.